The summed E-state index contributed by atoms with van der Waals surface area (Å²) in [5.74, 6) is -3.19. The van der Waals surface area contributed by atoms with Gasteiger partial charge in [-0.25, -0.2) is 12.8 Å². The van der Waals surface area contributed by atoms with Crippen LogP contribution in [0.2, 0.25) is 0 Å². The van der Waals surface area contributed by atoms with Crippen molar-refractivity contribution in [2.24, 2.45) is 0 Å². The molecule has 0 bridgehead atoms. The molecule has 1 aromatic carbocycles. The molecule has 0 aliphatic heterocycles. The molecule has 0 N–H and O–H groups in total. The number of halogens is 2. The highest BCUT2D eigenvalue weighted by Gasteiger charge is 2.21. The van der Waals surface area contributed by atoms with Crippen molar-refractivity contribution < 1.29 is 26.7 Å². The van der Waals surface area contributed by atoms with Crippen LogP contribution in [-0.4, -0.2) is 30.2 Å². The molecule has 2 rings (SSSR count). The van der Waals surface area contributed by atoms with Crippen molar-refractivity contribution in [1.29, 1.82) is 0 Å². The predicted molar refractivity (Wildman–Crippen MR) is 82.0 cm³/mol. The van der Waals surface area contributed by atoms with Gasteiger partial charge in [-0.3, -0.25) is 0 Å². The second kappa shape index (κ2) is 6.31. The standard InChI is InChI=1S/C15H16F2N2O4S/c1-15(2,3)23-14-12(17)13(18-8-19-14)22-11-6-5-9(7-10(11)16)24(4,20)21/h5-8H,1-4H3. The zero-order valence-electron chi connectivity index (χ0n) is 13.5. The number of nitrogens with zero attached hydrogens (tertiary/aromatic N) is 2. The average molecular weight is 358 g/mol. The van der Waals surface area contributed by atoms with Crippen LogP contribution in [0.15, 0.2) is 29.4 Å². The molecule has 0 radical (unpaired) electrons. The van der Waals surface area contributed by atoms with Crippen LogP contribution in [-0.2, 0) is 9.84 Å². The maximum absolute atomic E-state index is 14.3. The molecule has 1 heterocycles. The average Bonchev–Trinajstić information content (AvgIpc) is 2.42. The lowest BCUT2D eigenvalue weighted by atomic mass is 10.2. The number of benzene rings is 1. The molecule has 2 aromatic rings. The molecule has 130 valence electrons. The number of ether oxygens (including phenoxy) is 2. The molecule has 0 amide bonds. The van der Waals surface area contributed by atoms with Crippen LogP contribution in [0.4, 0.5) is 8.78 Å². The van der Waals surface area contributed by atoms with Crippen molar-refractivity contribution in [3.8, 4) is 17.5 Å². The van der Waals surface area contributed by atoms with Crippen molar-refractivity contribution in [3.63, 3.8) is 0 Å². The van der Waals surface area contributed by atoms with E-state index in [1.54, 1.807) is 20.8 Å². The van der Waals surface area contributed by atoms with Crippen LogP contribution in [0, 0.1) is 11.6 Å². The smallest absolute Gasteiger partial charge is 0.263 e. The Bertz CT molecular complexity index is 864. The van der Waals surface area contributed by atoms with Crippen LogP contribution in [0.25, 0.3) is 0 Å². The highest BCUT2D eigenvalue weighted by molar-refractivity contribution is 7.90. The minimum absolute atomic E-state index is 0.215. The lowest BCUT2D eigenvalue weighted by Gasteiger charge is -2.20. The Hall–Kier alpha value is -2.29. The predicted octanol–water partition coefficient (Wildman–Crippen LogP) is 3.13. The fraction of sp³-hybridized carbons (Fsp3) is 0.333. The van der Waals surface area contributed by atoms with Crippen LogP contribution in [0.5, 0.6) is 17.5 Å². The summed E-state index contributed by atoms with van der Waals surface area (Å²) >= 11 is 0. The number of sulfone groups is 1. The molecular weight excluding hydrogens is 342 g/mol. The van der Waals surface area contributed by atoms with Crippen molar-refractivity contribution in [3.05, 3.63) is 36.2 Å². The maximum atomic E-state index is 14.3. The first-order valence-electron chi connectivity index (χ1n) is 6.84. The summed E-state index contributed by atoms with van der Waals surface area (Å²) in [5, 5.41) is 0. The molecule has 0 unspecified atom stereocenters. The van der Waals surface area contributed by atoms with E-state index in [9.17, 15) is 17.2 Å². The maximum Gasteiger partial charge on any atom is 0.263 e. The summed E-state index contributed by atoms with van der Waals surface area (Å²) in [6, 6.07) is 3.02. The molecular formula is C15H16F2N2O4S. The summed E-state index contributed by atoms with van der Waals surface area (Å²) < 4.78 is 61.5. The number of hydrogen-bond acceptors (Lipinski definition) is 6. The molecule has 9 heteroatoms. The zero-order valence-corrected chi connectivity index (χ0v) is 14.3. The van der Waals surface area contributed by atoms with Gasteiger partial charge in [0.15, 0.2) is 21.4 Å². The Kier molecular flexibility index (Phi) is 4.75. The van der Waals surface area contributed by atoms with E-state index in [-0.39, 0.29) is 16.5 Å². The van der Waals surface area contributed by atoms with E-state index in [1.807, 2.05) is 0 Å². The van der Waals surface area contributed by atoms with Gasteiger partial charge in [-0.05, 0) is 39.0 Å². The van der Waals surface area contributed by atoms with E-state index in [0.717, 1.165) is 30.8 Å². The minimum Gasteiger partial charge on any atom is -0.470 e. The van der Waals surface area contributed by atoms with E-state index < -0.39 is 33.0 Å². The van der Waals surface area contributed by atoms with Gasteiger partial charge in [0.1, 0.15) is 11.9 Å². The van der Waals surface area contributed by atoms with Gasteiger partial charge in [-0.15, -0.1) is 0 Å². The second-order valence-electron chi connectivity index (χ2n) is 5.98. The topological polar surface area (TPSA) is 78.4 Å². The largest absolute Gasteiger partial charge is 0.470 e. The van der Waals surface area contributed by atoms with Gasteiger partial charge in [-0.1, -0.05) is 0 Å². The van der Waals surface area contributed by atoms with Crippen LogP contribution >= 0.6 is 0 Å². The van der Waals surface area contributed by atoms with Crippen molar-refractivity contribution >= 4 is 9.84 Å². The SMILES string of the molecule is CC(C)(C)Oc1ncnc(Oc2ccc(S(C)(=O)=O)cc2F)c1F. The van der Waals surface area contributed by atoms with E-state index in [2.05, 4.69) is 9.97 Å². The number of aromatic nitrogens is 2. The Labute approximate surface area is 138 Å². The third-order valence-corrected chi connectivity index (χ3v) is 3.78. The molecule has 0 aliphatic carbocycles. The highest BCUT2D eigenvalue weighted by Crippen LogP contribution is 2.30. The third-order valence-electron chi connectivity index (χ3n) is 2.67. The monoisotopic (exact) mass is 358 g/mol. The molecule has 0 atom stereocenters. The Morgan fingerprint density at radius 2 is 1.71 bits per heavy atom. The lowest BCUT2D eigenvalue weighted by Crippen LogP contribution is -2.24. The summed E-state index contributed by atoms with van der Waals surface area (Å²) in [5.41, 5.74) is -0.700. The number of hydrogen-bond donors (Lipinski definition) is 0. The quantitative estimate of drug-likeness (QED) is 0.836. The molecule has 0 saturated heterocycles. The van der Waals surface area contributed by atoms with Gasteiger partial charge in [0.05, 0.1) is 4.90 Å². The summed E-state index contributed by atoms with van der Waals surface area (Å²) in [6.45, 7) is 5.12. The Morgan fingerprint density at radius 3 is 2.25 bits per heavy atom. The molecule has 0 aliphatic rings. The van der Waals surface area contributed by atoms with E-state index in [0.29, 0.717) is 0 Å². The second-order valence-corrected chi connectivity index (χ2v) is 7.99. The van der Waals surface area contributed by atoms with Crippen molar-refractivity contribution in [1.82, 2.24) is 9.97 Å². The molecule has 1 aromatic heterocycles. The van der Waals surface area contributed by atoms with Gasteiger partial charge in [0.2, 0.25) is 5.82 Å². The minimum atomic E-state index is -3.57. The molecule has 6 nitrogen and oxygen atoms in total. The van der Waals surface area contributed by atoms with E-state index in [4.69, 9.17) is 9.47 Å². The number of rotatable bonds is 4. The zero-order chi connectivity index (χ0) is 18.1. The first kappa shape index (κ1) is 18.1. The summed E-state index contributed by atoms with van der Waals surface area (Å²) in [6.07, 6.45) is 1.96. The highest BCUT2D eigenvalue weighted by atomic mass is 32.2. The van der Waals surface area contributed by atoms with Crippen LogP contribution in [0.3, 0.4) is 0 Å². The summed E-state index contributed by atoms with van der Waals surface area (Å²) in [4.78, 5) is 7.06. The van der Waals surface area contributed by atoms with Gasteiger partial charge >= 0.3 is 0 Å². The normalized spacial score (nSPS) is 12.1. The van der Waals surface area contributed by atoms with E-state index >= 15 is 0 Å². The Balaban J connectivity index is 2.34. The molecule has 24 heavy (non-hydrogen) atoms. The van der Waals surface area contributed by atoms with Gasteiger partial charge < -0.3 is 9.47 Å². The fourth-order valence-electron chi connectivity index (χ4n) is 1.67. The van der Waals surface area contributed by atoms with Crippen LogP contribution < -0.4 is 9.47 Å². The van der Waals surface area contributed by atoms with Gasteiger partial charge in [-0.2, -0.15) is 14.4 Å². The van der Waals surface area contributed by atoms with Gasteiger partial charge in [0.25, 0.3) is 11.8 Å². The first-order valence-corrected chi connectivity index (χ1v) is 8.73. The molecule has 0 spiro atoms. The van der Waals surface area contributed by atoms with Crippen LogP contribution in [0.1, 0.15) is 20.8 Å². The lowest BCUT2D eigenvalue weighted by molar-refractivity contribution is 0.115. The van der Waals surface area contributed by atoms with E-state index in [1.165, 1.54) is 0 Å². The van der Waals surface area contributed by atoms with Gasteiger partial charge in [0, 0.05) is 6.26 Å². The first-order chi connectivity index (χ1) is 11.0. The molecule has 0 fully saturated rings. The molecule has 0 saturated carbocycles. The van der Waals surface area contributed by atoms with Crippen molar-refractivity contribution in [2.75, 3.05) is 6.26 Å². The fourth-order valence-corrected chi connectivity index (χ4v) is 2.30. The third kappa shape index (κ3) is 4.38. The van der Waals surface area contributed by atoms with Crippen molar-refractivity contribution in [2.45, 2.75) is 31.3 Å². The summed E-state index contributed by atoms with van der Waals surface area (Å²) in [7, 11) is -3.57. The Morgan fingerprint density at radius 1 is 1.08 bits per heavy atom.